The molecule has 0 heterocycles. The van der Waals surface area contributed by atoms with Crippen LogP contribution in [0, 0.1) is 0 Å². The second kappa shape index (κ2) is 42.7. The summed E-state index contributed by atoms with van der Waals surface area (Å²) in [6, 6.07) is 0. The van der Waals surface area contributed by atoms with Crippen LogP contribution in [0.5, 0.6) is 0 Å². The summed E-state index contributed by atoms with van der Waals surface area (Å²) >= 11 is 0. The van der Waals surface area contributed by atoms with Gasteiger partial charge in [-0.15, -0.1) is 0 Å². The van der Waals surface area contributed by atoms with Crippen LogP contribution in [0.25, 0.3) is 0 Å². The van der Waals surface area contributed by atoms with E-state index in [0.29, 0.717) is 19.3 Å². The fourth-order valence-electron chi connectivity index (χ4n) is 5.07. The Morgan fingerprint density at radius 1 is 0.525 bits per heavy atom. The second-order valence-electron chi connectivity index (χ2n) is 14.0. The molecule has 0 rings (SSSR count). The van der Waals surface area contributed by atoms with E-state index in [2.05, 4.69) is 116 Å². The maximum absolute atomic E-state index is 12.6. The van der Waals surface area contributed by atoms with Crippen molar-refractivity contribution in [3.63, 3.8) is 0 Å². The molecule has 3 N–H and O–H groups in total. The third kappa shape index (κ3) is 42.6. The van der Waals surface area contributed by atoms with Crippen molar-refractivity contribution in [2.24, 2.45) is 0 Å². The Kier molecular flexibility index (Phi) is 40.3. The predicted molar refractivity (Wildman–Crippen MR) is 242 cm³/mol. The van der Waals surface area contributed by atoms with E-state index in [0.717, 1.165) is 77.0 Å². The lowest BCUT2D eigenvalue weighted by Crippen LogP contribution is -2.29. The van der Waals surface area contributed by atoms with Crippen molar-refractivity contribution in [1.29, 1.82) is 0 Å². The molecule has 10 nitrogen and oxygen atoms in total. The first kappa shape index (κ1) is 55.6. The summed E-state index contributed by atoms with van der Waals surface area (Å²) in [5.74, 6) is -1.04. The van der Waals surface area contributed by atoms with Crippen LogP contribution in [0.15, 0.2) is 109 Å². The van der Waals surface area contributed by atoms with Gasteiger partial charge in [-0.25, -0.2) is 4.57 Å². The van der Waals surface area contributed by atoms with Crippen LogP contribution >= 0.6 is 7.82 Å². The lowest BCUT2D eigenvalue weighted by molar-refractivity contribution is -0.161. The average Bonchev–Trinajstić information content (AvgIpc) is 3.22. The van der Waals surface area contributed by atoms with Gasteiger partial charge in [0.1, 0.15) is 12.7 Å². The van der Waals surface area contributed by atoms with E-state index < -0.39 is 51.8 Å². The van der Waals surface area contributed by atoms with Crippen LogP contribution in [0.3, 0.4) is 0 Å². The molecule has 11 heteroatoms. The number of hydrogen-bond acceptors (Lipinski definition) is 9. The molecule has 0 aliphatic carbocycles. The topological polar surface area (TPSA) is 149 Å². The number of rotatable bonds is 39. The average molecular weight is 845 g/mol. The quantitative estimate of drug-likeness (QED) is 0.0236. The third-order valence-corrected chi connectivity index (χ3v) is 9.36. The van der Waals surface area contributed by atoms with Gasteiger partial charge in [0.2, 0.25) is 0 Å². The summed E-state index contributed by atoms with van der Waals surface area (Å²) in [5.41, 5.74) is 0. The fourth-order valence-corrected chi connectivity index (χ4v) is 5.86. The third-order valence-electron chi connectivity index (χ3n) is 8.41. The number of hydrogen-bond donors (Lipinski definition) is 3. The number of carbonyl (C=O) groups is 2. The van der Waals surface area contributed by atoms with Crippen LogP contribution in [-0.4, -0.2) is 65.7 Å². The summed E-state index contributed by atoms with van der Waals surface area (Å²) < 4.78 is 32.6. The number of aliphatic hydroxyl groups excluding tert-OH is 2. The minimum atomic E-state index is -4.65. The largest absolute Gasteiger partial charge is 0.472 e. The minimum absolute atomic E-state index is 0.0936. The molecule has 0 saturated carbocycles. The maximum Gasteiger partial charge on any atom is 0.472 e. The molecule has 1 unspecified atom stereocenters. The van der Waals surface area contributed by atoms with Crippen LogP contribution in [0.1, 0.15) is 142 Å². The molecular weight excluding hydrogens is 767 g/mol. The van der Waals surface area contributed by atoms with Gasteiger partial charge >= 0.3 is 19.8 Å². The maximum atomic E-state index is 12.6. The van der Waals surface area contributed by atoms with Crippen LogP contribution in [0.4, 0.5) is 0 Å². The Labute approximate surface area is 356 Å². The molecule has 3 atom stereocenters. The Morgan fingerprint density at radius 3 is 1.42 bits per heavy atom. The molecule has 0 saturated heterocycles. The zero-order chi connectivity index (χ0) is 43.3. The van der Waals surface area contributed by atoms with Gasteiger partial charge in [-0.3, -0.25) is 18.6 Å². The van der Waals surface area contributed by atoms with Gasteiger partial charge in [0.15, 0.2) is 6.10 Å². The molecule has 59 heavy (non-hydrogen) atoms. The van der Waals surface area contributed by atoms with Crippen molar-refractivity contribution in [3.8, 4) is 0 Å². The molecule has 0 bridgehead atoms. The van der Waals surface area contributed by atoms with E-state index in [4.69, 9.17) is 19.1 Å². The smallest absolute Gasteiger partial charge is 0.462 e. The van der Waals surface area contributed by atoms with E-state index in [9.17, 15) is 24.2 Å². The highest BCUT2D eigenvalue weighted by Crippen LogP contribution is 2.43. The molecule has 0 spiro atoms. The highest BCUT2D eigenvalue weighted by Gasteiger charge is 2.27. The molecule has 0 aromatic carbocycles. The summed E-state index contributed by atoms with van der Waals surface area (Å²) in [4.78, 5) is 35.0. The predicted octanol–water partition coefficient (Wildman–Crippen LogP) is 11.8. The van der Waals surface area contributed by atoms with Gasteiger partial charge in [0.05, 0.1) is 19.8 Å². The van der Waals surface area contributed by atoms with Gasteiger partial charge in [-0.05, 0) is 96.3 Å². The lowest BCUT2D eigenvalue weighted by atomic mass is 10.1. The summed E-state index contributed by atoms with van der Waals surface area (Å²) in [5, 5.41) is 18.3. The SMILES string of the molecule is CC/C=C\C/C=C\C/C=C\C/C=C\C/C=C\CCCCCC(=O)OC[C@H](COP(=O)(O)OC[C@@H](O)CO)OC(=O)CCC/C=C\C/C=C\C/C=C\C/C=C\CCCCC. The van der Waals surface area contributed by atoms with Crippen molar-refractivity contribution < 1.29 is 47.8 Å². The van der Waals surface area contributed by atoms with Crippen molar-refractivity contribution >= 4 is 19.8 Å². The highest BCUT2D eigenvalue weighted by molar-refractivity contribution is 7.47. The number of aliphatic hydroxyl groups is 2. The highest BCUT2D eigenvalue weighted by atomic mass is 31.2. The standard InChI is InChI=1S/C48H77O10P/c1-3-5-7-9-11-13-15-17-19-21-22-24-25-27-29-31-33-35-37-39-47(51)55-43-46(44-57-59(53,54)56-42-45(50)41-49)58-48(52)40-38-36-34-32-30-28-26-23-20-18-16-14-12-10-8-6-4-2/h5,7,11-14,17-20,22,24,26-29,32,34,45-46,49-50H,3-4,6,8-10,15-16,21,23,25,30-31,33,35-44H2,1-2H3,(H,53,54)/b7-5-,13-11-,14-12-,19-17-,20-18-,24-22-,28-26-,29-27-,34-32-/t45-,46+/m0/s1. The van der Waals surface area contributed by atoms with Gasteiger partial charge < -0.3 is 24.6 Å². The van der Waals surface area contributed by atoms with Gasteiger partial charge in [0, 0.05) is 12.8 Å². The fraction of sp³-hybridized carbons (Fsp3) is 0.583. The molecule has 0 aromatic heterocycles. The molecule has 0 fully saturated rings. The zero-order valence-corrected chi connectivity index (χ0v) is 37.1. The van der Waals surface area contributed by atoms with E-state index in [1.54, 1.807) is 0 Å². The number of phosphoric acid groups is 1. The van der Waals surface area contributed by atoms with Gasteiger partial charge in [-0.2, -0.15) is 0 Å². The number of ether oxygens (including phenoxy) is 2. The Morgan fingerprint density at radius 2 is 0.949 bits per heavy atom. The Bertz CT molecular complexity index is 1340. The summed E-state index contributed by atoms with van der Waals surface area (Å²) in [6.45, 7) is 2.11. The molecule has 0 aliphatic heterocycles. The number of carbonyl (C=O) groups excluding carboxylic acids is 2. The molecule has 334 valence electrons. The first-order valence-electron chi connectivity index (χ1n) is 21.8. The van der Waals surface area contributed by atoms with Gasteiger partial charge in [0.25, 0.3) is 0 Å². The summed E-state index contributed by atoms with van der Waals surface area (Å²) in [7, 11) is -4.65. The first-order valence-corrected chi connectivity index (χ1v) is 23.3. The van der Waals surface area contributed by atoms with Crippen molar-refractivity contribution in [3.05, 3.63) is 109 Å². The van der Waals surface area contributed by atoms with Crippen LogP contribution in [0.2, 0.25) is 0 Å². The second-order valence-corrected chi connectivity index (χ2v) is 15.4. The molecule has 0 radical (unpaired) electrons. The molecule has 0 aliphatic rings. The summed E-state index contributed by atoms with van der Waals surface area (Å²) in [6.07, 6.45) is 53.4. The van der Waals surface area contributed by atoms with Crippen molar-refractivity contribution in [2.75, 3.05) is 26.4 Å². The monoisotopic (exact) mass is 845 g/mol. The minimum Gasteiger partial charge on any atom is -0.462 e. The number of unbranched alkanes of at least 4 members (excludes halogenated alkanes) is 7. The normalized spacial score (nSPS) is 14.9. The Hall–Kier alpha value is -3.37. The number of phosphoric ester groups is 1. The number of allylic oxidation sites excluding steroid dienone is 18. The van der Waals surface area contributed by atoms with E-state index in [-0.39, 0.29) is 19.4 Å². The first-order chi connectivity index (χ1) is 28.7. The van der Waals surface area contributed by atoms with Crippen molar-refractivity contribution in [1.82, 2.24) is 0 Å². The Balaban J connectivity index is 4.48. The van der Waals surface area contributed by atoms with E-state index in [1.165, 1.54) is 19.3 Å². The van der Waals surface area contributed by atoms with E-state index >= 15 is 0 Å². The zero-order valence-electron chi connectivity index (χ0n) is 36.2. The van der Waals surface area contributed by atoms with Gasteiger partial charge in [-0.1, -0.05) is 142 Å². The number of esters is 2. The molecule has 0 amide bonds. The van der Waals surface area contributed by atoms with E-state index in [1.807, 2.05) is 12.2 Å². The van der Waals surface area contributed by atoms with Crippen LogP contribution < -0.4 is 0 Å². The van der Waals surface area contributed by atoms with Crippen molar-refractivity contribution in [2.45, 2.75) is 154 Å². The van der Waals surface area contributed by atoms with Crippen LogP contribution in [-0.2, 0) is 32.7 Å². The lowest BCUT2D eigenvalue weighted by Gasteiger charge is -2.20. The molecule has 0 aromatic rings. The molecular formula is C48H77O10P.